The van der Waals surface area contributed by atoms with E-state index in [0.29, 0.717) is 0 Å². The highest BCUT2D eigenvalue weighted by Crippen LogP contribution is 2.30. The van der Waals surface area contributed by atoms with Gasteiger partial charge in [0.1, 0.15) is 0 Å². The molecule has 140 valence electrons. The summed E-state index contributed by atoms with van der Waals surface area (Å²) in [6, 6.07) is 8.55. The molecule has 3 heterocycles. The van der Waals surface area contributed by atoms with Crippen molar-refractivity contribution in [2.45, 2.75) is 19.3 Å². The fourth-order valence-corrected chi connectivity index (χ4v) is 3.57. The van der Waals surface area contributed by atoms with E-state index in [4.69, 9.17) is 9.90 Å². The molecule has 0 bridgehead atoms. The molecular weight excluding hydrogens is 378 g/mol. The first-order valence-corrected chi connectivity index (χ1v) is 9.09. The van der Waals surface area contributed by atoms with Gasteiger partial charge in [-0.15, -0.1) is 10.2 Å². The fraction of sp³-hybridized carbons (Fsp3) is 0.235. The zero-order valence-corrected chi connectivity index (χ0v) is 14.3. The highest BCUT2D eigenvalue weighted by molar-refractivity contribution is 7.92. The number of halogens is 2. The SMILES string of the molecule is [2H]C1([2H])c2ccccc2N(Cc2ccc(-c3nnc(C(F)F)o3)cn2)S(=O)(=O)C1([2H])[2H]. The number of benzene rings is 1. The van der Waals surface area contributed by atoms with Crippen molar-refractivity contribution >= 4 is 15.7 Å². The zero-order chi connectivity index (χ0) is 22.6. The molecule has 1 aliphatic heterocycles. The summed E-state index contributed by atoms with van der Waals surface area (Å²) in [6.07, 6.45) is -4.46. The van der Waals surface area contributed by atoms with Crippen LogP contribution in [0.25, 0.3) is 11.5 Å². The number of anilines is 1. The van der Waals surface area contributed by atoms with E-state index in [1.54, 1.807) is 0 Å². The van der Waals surface area contributed by atoms with Gasteiger partial charge in [0, 0.05) is 11.7 Å². The third-order valence-corrected chi connectivity index (χ3v) is 5.05. The van der Waals surface area contributed by atoms with Crippen LogP contribution in [-0.2, 0) is 22.9 Å². The van der Waals surface area contributed by atoms with Crippen LogP contribution in [0.4, 0.5) is 14.5 Å². The molecule has 0 atom stereocenters. The van der Waals surface area contributed by atoms with Gasteiger partial charge < -0.3 is 4.42 Å². The first-order chi connectivity index (χ1) is 14.5. The molecule has 0 aliphatic carbocycles. The molecule has 0 saturated carbocycles. The molecule has 2 aromatic heterocycles. The van der Waals surface area contributed by atoms with E-state index in [9.17, 15) is 17.2 Å². The molecule has 7 nitrogen and oxygen atoms in total. The lowest BCUT2D eigenvalue weighted by Gasteiger charge is -2.30. The zero-order valence-electron chi connectivity index (χ0n) is 17.5. The van der Waals surface area contributed by atoms with Gasteiger partial charge in [-0.25, -0.2) is 8.42 Å². The Bertz CT molecular complexity index is 1240. The van der Waals surface area contributed by atoms with Crippen LogP contribution >= 0.6 is 0 Å². The summed E-state index contributed by atoms with van der Waals surface area (Å²) < 4.78 is 88.9. The van der Waals surface area contributed by atoms with Crippen LogP contribution in [0.15, 0.2) is 47.0 Å². The quantitative estimate of drug-likeness (QED) is 0.674. The number of para-hydroxylation sites is 1. The number of sulfonamides is 1. The number of hydrogen-bond acceptors (Lipinski definition) is 6. The van der Waals surface area contributed by atoms with Crippen molar-refractivity contribution in [3.8, 4) is 11.5 Å². The van der Waals surface area contributed by atoms with E-state index in [1.807, 2.05) is 0 Å². The summed E-state index contributed by atoms with van der Waals surface area (Å²) in [4.78, 5) is 4.09. The van der Waals surface area contributed by atoms with Gasteiger partial charge in [-0.05, 0) is 30.1 Å². The van der Waals surface area contributed by atoms with Crippen molar-refractivity contribution in [1.82, 2.24) is 15.2 Å². The van der Waals surface area contributed by atoms with Gasteiger partial charge in [-0.2, -0.15) is 8.78 Å². The Morgan fingerprint density at radius 3 is 2.74 bits per heavy atom. The van der Waals surface area contributed by atoms with Gasteiger partial charge in [-0.1, -0.05) is 18.2 Å². The minimum atomic E-state index is -4.76. The fourth-order valence-electron chi connectivity index (χ4n) is 2.50. The minimum absolute atomic E-state index is 0.00646. The molecule has 1 aromatic carbocycles. The second-order valence-corrected chi connectivity index (χ2v) is 7.14. The minimum Gasteiger partial charge on any atom is -0.415 e. The van der Waals surface area contributed by atoms with Crippen molar-refractivity contribution in [3.05, 3.63) is 59.7 Å². The van der Waals surface area contributed by atoms with E-state index in [0.717, 1.165) is 4.31 Å². The molecular formula is C17H14F2N4O3S. The highest BCUT2D eigenvalue weighted by atomic mass is 32.2. The number of alkyl halides is 2. The van der Waals surface area contributed by atoms with E-state index in [1.165, 1.54) is 42.6 Å². The van der Waals surface area contributed by atoms with Crippen LogP contribution in [0.3, 0.4) is 0 Å². The van der Waals surface area contributed by atoms with Crippen molar-refractivity contribution in [2.75, 3.05) is 10.0 Å². The number of aryl methyl sites for hydroxylation is 1. The predicted molar refractivity (Wildman–Crippen MR) is 92.6 cm³/mol. The largest absolute Gasteiger partial charge is 0.415 e. The highest BCUT2D eigenvalue weighted by Gasteiger charge is 2.29. The standard InChI is InChI=1S/C17H14F2N4O3S/c18-15(19)17-22-21-16(26-17)12-5-6-13(20-9-12)10-23-14-4-2-1-3-11(14)7-8-27(23,24)25/h1-6,9,15H,7-8,10H2/i7D2,8D2. The molecule has 0 N–H and O–H groups in total. The number of nitrogens with zero attached hydrogens (tertiary/aromatic N) is 4. The molecule has 0 unspecified atom stereocenters. The maximum Gasteiger partial charge on any atom is 0.314 e. The number of pyridine rings is 1. The van der Waals surface area contributed by atoms with Gasteiger partial charge >= 0.3 is 6.43 Å². The normalized spacial score (nSPS) is 21.7. The molecule has 0 amide bonds. The summed E-state index contributed by atoms with van der Waals surface area (Å²) in [5, 5.41) is 6.73. The molecule has 27 heavy (non-hydrogen) atoms. The summed E-state index contributed by atoms with van der Waals surface area (Å²) in [5.74, 6) is -1.03. The second-order valence-electron chi connectivity index (χ2n) is 5.54. The number of hydrogen-bond donors (Lipinski definition) is 0. The molecule has 1 aliphatic rings. The number of aromatic nitrogens is 3. The molecule has 0 saturated heterocycles. The van der Waals surface area contributed by atoms with Gasteiger partial charge in [0.15, 0.2) is 0 Å². The van der Waals surface area contributed by atoms with Crippen LogP contribution in [0.2, 0.25) is 0 Å². The predicted octanol–water partition coefficient (Wildman–Crippen LogP) is 2.96. The smallest absolute Gasteiger partial charge is 0.314 e. The van der Waals surface area contributed by atoms with Crippen molar-refractivity contribution in [1.29, 1.82) is 0 Å². The van der Waals surface area contributed by atoms with E-state index >= 15 is 0 Å². The van der Waals surface area contributed by atoms with Crippen molar-refractivity contribution < 1.29 is 27.1 Å². The lowest BCUT2D eigenvalue weighted by molar-refractivity contribution is 0.116. The molecule has 0 radical (unpaired) electrons. The van der Waals surface area contributed by atoms with Gasteiger partial charge in [-0.3, -0.25) is 9.29 Å². The lowest BCUT2D eigenvalue weighted by atomic mass is 10.1. The van der Waals surface area contributed by atoms with Crippen molar-refractivity contribution in [3.63, 3.8) is 0 Å². The van der Waals surface area contributed by atoms with E-state index in [2.05, 4.69) is 15.2 Å². The maximum atomic E-state index is 13.0. The molecule has 4 rings (SSSR count). The Hall–Kier alpha value is -2.88. The average molecular weight is 396 g/mol. The monoisotopic (exact) mass is 396 g/mol. The van der Waals surface area contributed by atoms with Gasteiger partial charge in [0.2, 0.25) is 15.9 Å². The Kier molecular flexibility index (Phi) is 3.30. The topological polar surface area (TPSA) is 89.2 Å². The third kappa shape index (κ3) is 3.39. The van der Waals surface area contributed by atoms with Crippen LogP contribution in [0, 0.1) is 0 Å². The Balaban J connectivity index is 1.70. The first-order valence-electron chi connectivity index (χ1n) is 9.65. The van der Waals surface area contributed by atoms with Crippen LogP contribution in [0.1, 0.15) is 29.1 Å². The van der Waals surface area contributed by atoms with Crippen LogP contribution < -0.4 is 4.31 Å². The summed E-state index contributed by atoms with van der Waals surface area (Å²) in [7, 11) is -4.76. The Morgan fingerprint density at radius 1 is 1.22 bits per heavy atom. The van der Waals surface area contributed by atoms with E-state index < -0.39 is 34.4 Å². The molecule has 3 aromatic rings. The Morgan fingerprint density at radius 2 is 2.04 bits per heavy atom. The third-order valence-electron chi connectivity index (χ3n) is 3.78. The van der Waals surface area contributed by atoms with Crippen molar-refractivity contribution in [2.24, 2.45) is 0 Å². The van der Waals surface area contributed by atoms with Crippen LogP contribution in [-0.4, -0.2) is 29.3 Å². The number of fused-ring (bicyclic) bond motifs is 1. The Labute approximate surface area is 159 Å². The average Bonchev–Trinajstić information content (AvgIpc) is 3.22. The molecule has 0 spiro atoms. The molecule has 0 fully saturated rings. The molecule has 10 heteroatoms. The summed E-state index contributed by atoms with van der Waals surface area (Å²) >= 11 is 0. The number of rotatable bonds is 4. The van der Waals surface area contributed by atoms with Crippen LogP contribution in [0.5, 0.6) is 0 Å². The lowest BCUT2D eigenvalue weighted by Crippen LogP contribution is -2.37. The van der Waals surface area contributed by atoms with E-state index in [-0.39, 0.29) is 34.9 Å². The summed E-state index contributed by atoms with van der Waals surface area (Å²) in [5.41, 5.74) is -2.88. The van der Waals surface area contributed by atoms with Gasteiger partial charge in [0.25, 0.3) is 5.89 Å². The maximum absolute atomic E-state index is 13.0. The van der Waals surface area contributed by atoms with Gasteiger partial charge in [0.05, 0.1) is 29.2 Å². The second kappa shape index (κ2) is 6.69. The summed E-state index contributed by atoms with van der Waals surface area (Å²) in [6.45, 7) is -0.374. The first kappa shape index (κ1) is 13.3.